The Labute approximate surface area is 171 Å². The molecule has 0 fully saturated rings. The molecule has 8 nitrogen and oxygen atoms in total. The van der Waals surface area contributed by atoms with Gasteiger partial charge in [0, 0.05) is 5.75 Å². The molecule has 0 unspecified atom stereocenters. The topological polar surface area (TPSA) is 116 Å². The number of para-hydroxylation sites is 2. The first kappa shape index (κ1) is 20.4. The number of sulfonamides is 1. The van der Waals surface area contributed by atoms with E-state index in [1.165, 1.54) is 35.2 Å². The maximum atomic E-state index is 11.2. The zero-order chi connectivity index (χ0) is 20.0. The summed E-state index contributed by atoms with van der Waals surface area (Å²) in [5.74, 6) is 1.97. The van der Waals surface area contributed by atoms with Crippen LogP contribution < -0.4 is 19.9 Å². The van der Waals surface area contributed by atoms with Crippen LogP contribution in [0.1, 0.15) is 0 Å². The third kappa shape index (κ3) is 5.58. The van der Waals surface area contributed by atoms with Gasteiger partial charge >= 0.3 is 0 Å². The van der Waals surface area contributed by atoms with E-state index in [2.05, 4.69) is 15.5 Å². The van der Waals surface area contributed by atoms with E-state index in [4.69, 9.17) is 14.6 Å². The third-order valence-corrected chi connectivity index (χ3v) is 6.35. The zero-order valence-electron chi connectivity index (χ0n) is 14.9. The number of thioether (sulfide) groups is 1. The van der Waals surface area contributed by atoms with E-state index >= 15 is 0 Å². The minimum Gasteiger partial charge on any atom is -0.495 e. The van der Waals surface area contributed by atoms with Crippen molar-refractivity contribution in [3.8, 4) is 11.5 Å². The summed E-state index contributed by atoms with van der Waals surface area (Å²) in [7, 11) is -2.08. The Morgan fingerprint density at radius 1 is 1.14 bits per heavy atom. The number of methoxy groups -OCH3 is 1. The van der Waals surface area contributed by atoms with Gasteiger partial charge in [0.25, 0.3) is 0 Å². The predicted octanol–water partition coefficient (Wildman–Crippen LogP) is 3.11. The van der Waals surface area contributed by atoms with Gasteiger partial charge in [0.2, 0.25) is 15.2 Å². The second kappa shape index (κ2) is 9.24. The average molecular weight is 439 g/mol. The Morgan fingerprint density at radius 3 is 2.61 bits per heavy atom. The van der Waals surface area contributed by atoms with Crippen LogP contribution in [-0.2, 0) is 10.0 Å². The Kier molecular flexibility index (Phi) is 6.73. The Bertz CT molecular complexity index is 1020. The number of anilines is 2. The molecule has 0 saturated carbocycles. The molecule has 0 amide bonds. The number of aromatic nitrogens is 2. The summed E-state index contributed by atoms with van der Waals surface area (Å²) in [5, 5.41) is 17.2. The highest BCUT2D eigenvalue weighted by molar-refractivity contribution is 8.01. The van der Waals surface area contributed by atoms with Crippen LogP contribution in [0.15, 0.2) is 57.8 Å². The number of primary sulfonamides is 1. The van der Waals surface area contributed by atoms with E-state index < -0.39 is 10.0 Å². The number of rotatable bonds is 9. The molecule has 0 aliphatic rings. The van der Waals surface area contributed by atoms with Gasteiger partial charge in [-0.2, -0.15) is 0 Å². The number of nitrogens with one attached hydrogen (secondary N) is 1. The van der Waals surface area contributed by atoms with Crippen molar-refractivity contribution in [2.75, 3.05) is 24.8 Å². The summed E-state index contributed by atoms with van der Waals surface area (Å²) in [6, 6.07) is 13.6. The fourth-order valence-electron chi connectivity index (χ4n) is 2.20. The van der Waals surface area contributed by atoms with Crippen molar-refractivity contribution < 1.29 is 17.9 Å². The molecular weight excluding hydrogens is 420 g/mol. The zero-order valence-corrected chi connectivity index (χ0v) is 17.3. The first-order valence-corrected chi connectivity index (χ1v) is 11.4. The first-order valence-electron chi connectivity index (χ1n) is 8.08. The molecule has 0 atom stereocenters. The van der Waals surface area contributed by atoms with Crippen LogP contribution >= 0.6 is 23.1 Å². The molecule has 0 aliphatic carbocycles. The summed E-state index contributed by atoms with van der Waals surface area (Å²) in [4.78, 5) is 0.0539. The second-order valence-electron chi connectivity index (χ2n) is 5.41. The van der Waals surface area contributed by atoms with E-state index in [0.29, 0.717) is 23.2 Å². The molecule has 3 aromatic rings. The van der Waals surface area contributed by atoms with Crippen molar-refractivity contribution in [3.63, 3.8) is 0 Å². The van der Waals surface area contributed by atoms with Gasteiger partial charge in [-0.1, -0.05) is 35.2 Å². The molecule has 0 aliphatic heterocycles. The fraction of sp³-hybridized carbons (Fsp3) is 0.176. The second-order valence-corrected chi connectivity index (χ2v) is 9.29. The summed E-state index contributed by atoms with van der Waals surface area (Å²) in [6.45, 7) is 0.439. The fourth-order valence-corrected chi connectivity index (χ4v) is 4.36. The molecular formula is C17H18N4O4S3. The Morgan fingerprint density at radius 2 is 1.89 bits per heavy atom. The van der Waals surface area contributed by atoms with E-state index in [-0.39, 0.29) is 4.90 Å². The standard InChI is InChI=1S/C17H18N4O4S3/c1-24-15-5-3-2-4-14(15)19-16-20-21-17(27-16)26-11-10-25-12-6-8-13(9-7-12)28(18,22)23/h2-9H,10-11H2,1H3,(H,19,20)(H2,18,22,23). The molecule has 3 rings (SSSR count). The van der Waals surface area contributed by atoms with Crippen LogP contribution in [0.3, 0.4) is 0 Å². The number of hydrogen-bond donors (Lipinski definition) is 2. The molecule has 3 N–H and O–H groups in total. The van der Waals surface area contributed by atoms with Crippen molar-refractivity contribution in [1.29, 1.82) is 0 Å². The molecule has 1 heterocycles. The molecule has 1 aromatic heterocycles. The molecule has 0 bridgehead atoms. The van der Waals surface area contributed by atoms with E-state index in [9.17, 15) is 8.42 Å². The van der Waals surface area contributed by atoms with Crippen molar-refractivity contribution >= 4 is 43.9 Å². The first-order chi connectivity index (χ1) is 13.5. The predicted molar refractivity (Wildman–Crippen MR) is 110 cm³/mol. The average Bonchev–Trinajstić information content (AvgIpc) is 3.13. The van der Waals surface area contributed by atoms with Crippen LogP contribution in [0.25, 0.3) is 0 Å². The highest BCUT2D eigenvalue weighted by atomic mass is 32.2. The van der Waals surface area contributed by atoms with E-state index in [1.807, 2.05) is 24.3 Å². The maximum Gasteiger partial charge on any atom is 0.238 e. The van der Waals surface area contributed by atoms with Crippen LogP contribution in [0.5, 0.6) is 11.5 Å². The highest BCUT2D eigenvalue weighted by Crippen LogP contribution is 2.31. The Hall–Kier alpha value is -2.34. The SMILES string of the molecule is COc1ccccc1Nc1nnc(SCCOc2ccc(S(N)(=O)=O)cc2)s1. The van der Waals surface area contributed by atoms with Gasteiger partial charge in [-0.25, -0.2) is 13.6 Å². The number of ether oxygens (including phenoxy) is 2. The lowest BCUT2D eigenvalue weighted by atomic mass is 10.3. The van der Waals surface area contributed by atoms with Gasteiger partial charge in [-0.05, 0) is 36.4 Å². The molecule has 0 spiro atoms. The maximum absolute atomic E-state index is 11.2. The lowest BCUT2D eigenvalue weighted by Gasteiger charge is -2.07. The third-order valence-electron chi connectivity index (χ3n) is 3.48. The summed E-state index contributed by atoms with van der Waals surface area (Å²) >= 11 is 2.96. The molecule has 11 heteroatoms. The van der Waals surface area contributed by atoms with Gasteiger partial charge in [0.15, 0.2) is 4.34 Å². The monoisotopic (exact) mass is 438 g/mol. The number of hydrogen-bond acceptors (Lipinski definition) is 9. The normalized spacial score (nSPS) is 11.2. The minimum atomic E-state index is -3.69. The highest BCUT2D eigenvalue weighted by Gasteiger charge is 2.09. The molecule has 0 radical (unpaired) electrons. The van der Waals surface area contributed by atoms with Gasteiger partial charge < -0.3 is 14.8 Å². The van der Waals surface area contributed by atoms with E-state index in [0.717, 1.165) is 15.8 Å². The van der Waals surface area contributed by atoms with Gasteiger partial charge in [-0.3, -0.25) is 0 Å². The smallest absolute Gasteiger partial charge is 0.238 e. The molecule has 148 valence electrons. The van der Waals surface area contributed by atoms with Crippen LogP contribution in [0.4, 0.5) is 10.8 Å². The van der Waals surface area contributed by atoms with Gasteiger partial charge in [0.1, 0.15) is 11.5 Å². The number of nitrogens with zero attached hydrogens (tertiary/aromatic N) is 2. The summed E-state index contributed by atoms with van der Waals surface area (Å²) in [5.41, 5.74) is 0.823. The minimum absolute atomic E-state index is 0.0539. The van der Waals surface area contributed by atoms with Crippen molar-refractivity contribution in [2.24, 2.45) is 5.14 Å². The number of benzene rings is 2. The summed E-state index contributed by atoms with van der Waals surface area (Å²) < 4.78 is 34.2. The lowest BCUT2D eigenvalue weighted by Crippen LogP contribution is -2.11. The van der Waals surface area contributed by atoms with Crippen LogP contribution in [0.2, 0.25) is 0 Å². The molecule has 2 aromatic carbocycles. The van der Waals surface area contributed by atoms with Gasteiger partial charge in [-0.15, -0.1) is 10.2 Å². The summed E-state index contributed by atoms with van der Waals surface area (Å²) in [6.07, 6.45) is 0. The largest absolute Gasteiger partial charge is 0.495 e. The van der Waals surface area contributed by atoms with Crippen molar-refractivity contribution in [1.82, 2.24) is 10.2 Å². The quantitative estimate of drug-likeness (QED) is 0.387. The van der Waals surface area contributed by atoms with Crippen LogP contribution in [-0.4, -0.2) is 38.1 Å². The van der Waals surface area contributed by atoms with E-state index in [1.54, 1.807) is 19.2 Å². The lowest BCUT2D eigenvalue weighted by molar-refractivity contribution is 0.343. The number of nitrogens with two attached hydrogens (primary N) is 1. The van der Waals surface area contributed by atoms with Crippen LogP contribution in [0, 0.1) is 0 Å². The molecule has 28 heavy (non-hydrogen) atoms. The van der Waals surface area contributed by atoms with Crippen molar-refractivity contribution in [2.45, 2.75) is 9.24 Å². The van der Waals surface area contributed by atoms with Gasteiger partial charge in [0.05, 0.1) is 24.3 Å². The Balaban J connectivity index is 1.47. The van der Waals surface area contributed by atoms with Crippen molar-refractivity contribution in [3.05, 3.63) is 48.5 Å². The molecule has 0 saturated heterocycles.